The minimum Gasteiger partial charge on any atom is -0.317 e. The van der Waals surface area contributed by atoms with Crippen LogP contribution in [0.1, 0.15) is 19.8 Å². The molecule has 1 rings (SSSR count). The highest BCUT2D eigenvalue weighted by atomic mass is 14.9. The van der Waals surface area contributed by atoms with Crippen molar-refractivity contribution < 1.29 is 0 Å². The monoisotopic (exact) mass is 153 g/mol. The molecular weight excluding hydrogens is 138 g/mol. The van der Waals surface area contributed by atoms with Gasteiger partial charge in [-0.15, -0.1) is 0 Å². The molecule has 62 valence electrons. The molecule has 0 radical (unpaired) electrons. The minimum atomic E-state index is -0.301. The lowest BCUT2D eigenvalue weighted by molar-refractivity contribution is 0.209. The van der Waals surface area contributed by atoms with Gasteiger partial charge in [0.05, 0.1) is 12.1 Å². The molecule has 1 fully saturated rings. The van der Waals surface area contributed by atoms with Crippen LogP contribution >= 0.6 is 0 Å². The second-order valence-electron chi connectivity index (χ2n) is 3.51. The van der Waals surface area contributed by atoms with Gasteiger partial charge in [-0.25, -0.2) is 0 Å². The highest BCUT2D eigenvalue weighted by Gasteiger charge is 2.32. The van der Waals surface area contributed by atoms with Crippen molar-refractivity contribution in [3.8, 4) is 6.07 Å². The van der Waals surface area contributed by atoms with Gasteiger partial charge in [0.25, 0.3) is 0 Å². The molecule has 0 spiro atoms. The number of nitrogens with zero attached hydrogens (tertiary/aromatic N) is 1. The summed E-state index contributed by atoms with van der Waals surface area (Å²) >= 11 is 0. The summed E-state index contributed by atoms with van der Waals surface area (Å²) in [4.78, 5) is 0. The lowest BCUT2D eigenvalue weighted by Crippen LogP contribution is -2.45. The van der Waals surface area contributed by atoms with Crippen LogP contribution in [0.15, 0.2) is 0 Å². The Balaban J connectivity index is 2.57. The summed E-state index contributed by atoms with van der Waals surface area (Å²) in [5, 5.41) is 11.9. The van der Waals surface area contributed by atoms with Crippen molar-refractivity contribution in [1.82, 2.24) is 5.32 Å². The predicted octanol–water partition coefficient (Wildman–Crippen LogP) is 0.227. The Labute approximate surface area is 67.6 Å². The van der Waals surface area contributed by atoms with E-state index in [1.807, 2.05) is 0 Å². The van der Waals surface area contributed by atoms with E-state index in [-0.39, 0.29) is 11.5 Å². The average molecular weight is 153 g/mol. The van der Waals surface area contributed by atoms with E-state index >= 15 is 0 Å². The lowest BCUT2D eigenvalue weighted by atomic mass is 9.75. The molecule has 0 aromatic heterocycles. The first-order chi connectivity index (χ1) is 5.19. The van der Waals surface area contributed by atoms with Gasteiger partial charge in [0.1, 0.15) is 0 Å². The Kier molecular flexibility index (Phi) is 2.48. The highest BCUT2D eigenvalue weighted by Crippen LogP contribution is 2.30. The molecule has 11 heavy (non-hydrogen) atoms. The Morgan fingerprint density at radius 3 is 2.55 bits per heavy atom. The molecule has 1 atom stereocenters. The number of nitrogens with two attached hydrogens (primary N) is 1. The van der Waals surface area contributed by atoms with Crippen LogP contribution in [0.3, 0.4) is 0 Å². The fraction of sp³-hybridized carbons (Fsp3) is 0.875. The molecule has 0 bridgehead atoms. The molecule has 3 nitrogen and oxygen atoms in total. The molecule has 0 aromatic carbocycles. The van der Waals surface area contributed by atoms with E-state index in [4.69, 9.17) is 11.0 Å². The van der Waals surface area contributed by atoms with Gasteiger partial charge in [-0.3, -0.25) is 0 Å². The lowest BCUT2D eigenvalue weighted by Gasteiger charge is -2.35. The van der Waals surface area contributed by atoms with Gasteiger partial charge in [-0.05, 0) is 31.3 Å². The van der Waals surface area contributed by atoms with E-state index < -0.39 is 0 Å². The average Bonchev–Trinajstić information content (AvgIpc) is 2.04. The summed E-state index contributed by atoms with van der Waals surface area (Å²) in [6.45, 7) is 4.08. The number of nitrogens with one attached hydrogen (secondary N) is 1. The van der Waals surface area contributed by atoms with Crippen LogP contribution in [0.25, 0.3) is 0 Å². The molecule has 3 heteroatoms. The van der Waals surface area contributed by atoms with E-state index in [0.29, 0.717) is 0 Å². The number of hydrogen-bond donors (Lipinski definition) is 2. The molecular formula is C8H15N3. The molecule has 0 aliphatic carbocycles. The zero-order valence-corrected chi connectivity index (χ0v) is 6.93. The summed E-state index contributed by atoms with van der Waals surface area (Å²) in [6, 6.07) is 1.82. The predicted molar refractivity (Wildman–Crippen MR) is 43.8 cm³/mol. The summed E-state index contributed by atoms with van der Waals surface area (Å²) < 4.78 is 0. The van der Waals surface area contributed by atoms with Crippen LogP contribution in [0, 0.1) is 16.7 Å². The van der Waals surface area contributed by atoms with E-state index in [9.17, 15) is 0 Å². The third-order valence-electron chi connectivity index (χ3n) is 2.64. The molecule has 1 aliphatic rings. The van der Waals surface area contributed by atoms with Gasteiger partial charge in [0, 0.05) is 0 Å². The Morgan fingerprint density at radius 2 is 2.09 bits per heavy atom. The van der Waals surface area contributed by atoms with Gasteiger partial charge in [-0.2, -0.15) is 5.26 Å². The molecule has 1 heterocycles. The van der Waals surface area contributed by atoms with Crippen LogP contribution in [-0.2, 0) is 0 Å². The second kappa shape index (κ2) is 3.21. The van der Waals surface area contributed by atoms with Gasteiger partial charge in [0.2, 0.25) is 0 Å². The fourth-order valence-electron chi connectivity index (χ4n) is 1.46. The van der Waals surface area contributed by atoms with Crippen molar-refractivity contribution in [1.29, 1.82) is 5.26 Å². The summed E-state index contributed by atoms with van der Waals surface area (Å²) in [5.74, 6) is 0. The Bertz CT molecular complexity index is 165. The van der Waals surface area contributed by atoms with Crippen LogP contribution in [0.5, 0.6) is 0 Å². The van der Waals surface area contributed by atoms with Gasteiger partial charge < -0.3 is 11.1 Å². The zero-order chi connectivity index (χ0) is 8.32. The standard InChI is InChI=1S/C8H15N3/c1-8(7(10)6-9)2-4-11-5-3-8/h7,11H,2-5,10H2,1H3. The summed E-state index contributed by atoms with van der Waals surface area (Å²) in [7, 11) is 0. The first-order valence-electron chi connectivity index (χ1n) is 4.05. The van der Waals surface area contributed by atoms with E-state index in [1.54, 1.807) is 0 Å². The van der Waals surface area contributed by atoms with Crippen molar-refractivity contribution in [2.75, 3.05) is 13.1 Å². The summed E-state index contributed by atoms with van der Waals surface area (Å²) in [5.41, 5.74) is 5.73. The molecule has 1 unspecified atom stereocenters. The maximum absolute atomic E-state index is 8.66. The Morgan fingerprint density at radius 1 is 1.55 bits per heavy atom. The quantitative estimate of drug-likeness (QED) is 0.566. The van der Waals surface area contributed by atoms with Crippen LogP contribution < -0.4 is 11.1 Å². The number of hydrogen-bond acceptors (Lipinski definition) is 3. The summed E-state index contributed by atoms with van der Waals surface area (Å²) in [6.07, 6.45) is 2.03. The fourth-order valence-corrected chi connectivity index (χ4v) is 1.46. The molecule has 0 aromatic rings. The topological polar surface area (TPSA) is 61.8 Å². The maximum atomic E-state index is 8.66. The van der Waals surface area contributed by atoms with Crippen LogP contribution in [0.2, 0.25) is 0 Å². The van der Waals surface area contributed by atoms with Gasteiger partial charge >= 0.3 is 0 Å². The van der Waals surface area contributed by atoms with Crippen molar-refractivity contribution in [3.63, 3.8) is 0 Å². The molecule has 1 saturated heterocycles. The van der Waals surface area contributed by atoms with E-state index in [0.717, 1.165) is 25.9 Å². The number of rotatable bonds is 1. The van der Waals surface area contributed by atoms with Crippen molar-refractivity contribution in [3.05, 3.63) is 0 Å². The molecule has 3 N–H and O–H groups in total. The zero-order valence-electron chi connectivity index (χ0n) is 6.93. The maximum Gasteiger partial charge on any atom is 0.0983 e. The van der Waals surface area contributed by atoms with Crippen molar-refractivity contribution >= 4 is 0 Å². The molecule has 0 amide bonds. The van der Waals surface area contributed by atoms with Gasteiger partial charge in [-0.1, -0.05) is 6.92 Å². The van der Waals surface area contributed by atoms with Gasteiger partial charge in [0.15, 0.2) is 0 Å². The molecule has 0 saturated carbocycles. The first-order valence-corrected chi connectivity index (χ1v) is 4.05. The van der Waals surface area contributed by atoms with E-state index in [1.165, 1.54) is 0 Å². The third kappa shape index (κ3) is 1.70. The van der Waals surface area contributed by atoms with Crippen LogP contribution in [-0.4, -0.2) is 19.1 Å². The molecule has 1 aliphatic heterocycles. The van der Waals surface area contributed by atoms with Crippen LogP contribution in [0.4, 0.5) is 0 Å². The smallest absolute Gasteiger partial charge is 0.0983 e. The highest BCUT2D eigenvalue weighted by molar-refractivity contribution is 5.01. The number of nitriles is 1. The Hall–Kier alpha value is -0.590. The second-order valence-corrected chi connectivity index (χ2v) is 3.51. The minimum absolute atomic E-state index is 0.0417. The number of piperidine rings is 1. The largest absolute Gasteiger partial charge is 0.317 e. The normalized spacial score (nSPS) is 25.5. The third-order valence-corrected chi connectivity index (χ3v) is 2.64. The van der Waals surface area contributed by atoms with E-state index in [2.05, 4.69) is 18.3 Å². The van der Waals surface area contributed by atoms with Crippen molar-refractivity contribution in [2.24, 2.45) is 11.1 Å². The van der Waals surface area contributed by atoms with Crippen molar-refractivity contribution in [2.45, 2.75) is 25.8 Å². The first kappa shape index (κ1) is 8.51. The SMILES string of the molecule is CC1(C(N)C#N)CCNCC1.